The molecule has 4 fully saturated rings. The highest BCUT2D eigenvalue weighted by atomic mass is 16.6. The van der Waals surface area contributed by atoms with Gasteiger partial charge in [0.2, 0.25) is 0 Å². The molecule has 0 bridgehead atoms. The fraction of sp³-hybridized carbons (Fsp3) is 0.842. The van der Waals surface area contributed by atoms with E-state index in [0.29, 0.717) is 17.3 Å². The molecule has 0 N–H and O–H groups in total. The molecule has 0 aromatic carbocycles. The van der Waals surface area contributed by atoms with Gasteiger partial charge in [-0.15, -0.1) is 0 Å². The van der Waals surface area contributed by atoms with Crippen LogP contribution in [0.4, 0.5) is 0 Å². The zero-order valence-corrected chi connectivity index (χ0v) is 13.9. The first-order valence-corrected chi connectivity index (χ1v) is 9.17. The van der Waals surface area contributed by atoms with Crippen LogP contribution in [0.1, 0.15) is 51.9 Å². The van der Waals surface area contributed by atoms with E-state index < -0.39 is 0 Å². The van der Waals surface area contributed by atoms with E-state index in [1.165, 1.54) is 37.7 Å². The molecule has 0 aromatic rings. The lowest BCUT2D eigenvalue weighted by atomic mass is 9.55. The van der Waals surface area contributed by atoms with E-state index in [9.17, 15) is 4.79 Å². The van der Waals surface area contributed by atoms with E-state index in [0.717, 1.165) is 32.5 Å². The number of carbonyl (C=O) groups excluding carboxylic acids is 1. The second-order valence-electron chi connectivity index (χ2n) is 8.41. The van der Waals surface area contributed by atoms with Gasteiger partial charge in [-0.2, -0.15) is 0 Å². The van der Waals surface area contributed by atoms with Gasteiger partial charge in [-0.25, -0.2) is 0 Å². The van der Waals surface area contributed by atoms with Crippen molar-refractivity contribution in [1.29, 1.82) is 0 Å². The summed E-state index contributed by atoms with van der Waals surface area (Å²) < 4.78 is 5.84. The lowest BCUT2D eigenvalue weighted by Gasteiger charge is -2.50. The van der Waals surface area contributed by atoms with Gasteiger partial charge >= 0.3 is 5.97 Å². The number of rotatable bonds is 2. The summed E-state index contributed by atoms with van der Waals surface area (Å²) in [5.41, 5.74) is 1.76. The Kier molecular flexibility index (Phi) is 3.60. The van der Waals surface area contributed by atoms with Gasteiger partial charge in [-0.3, -0.25) is 4.79 Å². The summed E-state index contributed by atoms with van der Waals surface area (Å²) in [5, 5.41) is 0. The van der Waals surface area contributed by atoms with E-state index in [1.807, 2.05) is 0 Å². The van der Waals surface area contributed by atoms with E-state index in [-0.39, 0.29) is 18.0 Å². The summed E-state index contributed by atoms with van der Waals surface area (Å²) in [7, 11) is 0. The first kappa shape index (κ1) is 14.7. The van der Waals surface area contributed by atoms with Crippen LogP contribution in [0, 0.1) is 23.2 Å². The minimum Gasteiger partial charge on any atom is -0.462 e. The van der Waals surface area contributed by atoms with Crippen LogP contribution in [0.2, 0.25) is 0 Å². The van der Waals surface area contributed by atoms with Gasteiger partial charge in [-0.1, -0.05) is 19.1 Å². The predicted octanol–water partition coefficient (Wildman–Crippen LogP) is 3.40. The second kappa shape index (κ2) is 5.36. The molecule has 0 aromatic heterocycles. The number of hydrogen-bond acceptors (Lipinski definition) is 3. The Morgan fingerprint density at radius 1 is 1.32 bits per heavy atom. The first-order chi connectivity index (χ1) is 10.6. The topological polar surface area (TPSA) is 29.5 Å². The summed E-state index contributed by atoms with van der Waals surface area (Å²) in [5.74, 6) is 1.23. The van der Waals surface area contributed by atoms with Crippen molar-refractivity contribution < 1.29 is 9.53 Å². The third-order valence-electron chi connectivity index (χ3n) is 6.97. The SMILES string of the molecule is C=C1CCC[C@]2(C)C[C@H]3OC(=O)[C@H](CN4CCCC4)[C@H]3C[C@@H]12. The molecular formula is C19H29NO2. The number of ether oxygens (including phenoxy) is 1. The van der Waals surface area contributed by atoms with Crippen molar-refractivity contribution in [3.05, 3.63) is 12.2 Å². The third kappa shape index (κ3) is 2.33. The second-order valence-corrected chi connectivity index (χ2v) is 8.41. The van der Waals surface area contributed by atoms with Crippen LogP contribution in [0.15, 0.2) is 12.2 Å². The highest BCUT2D eigenvalue weighted by Gasteiger charge is 2.55. The Morgan fingerprint density at radius 3 is 2.86 bits per heavy atom. The van der Waals surface area contributed by atoms with Crippen molar-refractivity contribution in [3.8, 4) is 0 Å². The van der Waals surface area contributed by atoms with Crippen LogP contribution < -0.4 is 0 Å². The standard InChI is InChI=1S/C19H29NO2/c1-13-6-5-7-19(2)11-17-14(10-16(13)19)15(18(21)22-17)12-20-8-3-4-9-20/h14-17H,1,3-12H2,2H3/t14-,15-,16+,17-,19-/m1/s1. The fourth-order valence-electron chi connectivity index (χ4n) is 5.71. The minimum absolute atomic E-state index is 0.0785. The van der Waals surface area contributed by atoms with Crippen LogP contribution in [0.5, 0.6) is 0 Å². The molecule has 5 atom stereocenters. The summed E-state index contributed by atoms with van der Waals surface area (Å²) in [6.07, 6.45) is 8.65. The Hall–Kier alpha value is -0.830. The van der Waals surface area contributed by atoms with Gasteiger partial charge in [0.15, 0.2) is 0 Å². The maximum Gasteiger partial charge on any atom is 0.310 e. The normalized spacial score (nSPS) is 45.5. The molecule has 3 heteroatoms. The van der Waals surface area contributed by atoms with Gasteiger partial charge in [0.05, 0.1) is 5.92 Å². The Balaban J connectivity index is 1.53. The molecule has 4 rings (SSSR count). The number of esters is 1. The molecule has 122 valence electrons. The average molecular weight is 303 g/mol. The number of likely N-dealkylation sites (tertiary alicyclic amines) is 1. The zero-order chi connectivity index (χ0) is 15.3. The highest BCUT2D eigenvalue weighted by molar-refractivity contribution is 5.75. The van der Waals surface area contributed by atoms with E-state index in [4.69, 9.17) is 4.74 Å². The molecule has 2 heterocycles. The number of allylic oxidation sites excluding steroid dienone is 1. The number of nitrogens with zero attached hydrogens (tertiary/aromatic N) is 1. The predicted molar refractivity (Wildman–Crippen MR) is 86.4 cm³/mol. The van der Waals surface area contributed by atoms with Crippen molar-refractivity contribution in [3.63, 3.8) is 0 Å². The first-order valence-electron chi connectivity index (χ1n) is 9.17. The molecule has 0 radical (unpaired) electrons. The van der Waals surface area contributed by atoms with Gasteiger partial charge in [0.1, 0.15) is 6.10 Å². The van der Waals surface area contributed by atoms with E-state index >= 15 is 0 Å². The molecule has 0 unspecified atom stereocenters. The summed E-state index contributed by atoms with van der Waals surface area (Å²) >= 11 is 0. The number of hydrogen-bond donors (Lipinski definition) is 0. The van der Waals surface area contributed by atoms with Crippen LogP contribution in [0.3, 0.4) is 0 Å². The zero-order valence-electron chi connectivity index (χ0n) is 13.9. The molecule has 2 saturated heterocycles. The van der Waals surface area contributed by atoms with E-state index in [2.05, 4.69) is 18.4 Å². The minimum atomic E-state index is 0.0785. The lowest BCUT2D eigenvalue weighted by molar-refractivity contribution is -0.146. The van der Waals surface area contributed by atoms with Crippen LogP contribution in [0.25, 0.3) is 0 Å². The monoisotopic (exact) mass is 303 g/mol. The van der Waals surface area contributed by atoms with Crippen molar-refractivity contribution in [1.82, 2.24) is 4.90 Å². The van der Waals surface area contributed by atoms with Gasteiger partial charge in [0.25, 0.3) is 0 Å². The molecule has 22 heavy (non-hydrogen) atoms. The number of fused-ring (bicyclic) bond motifs is 2. The quantitative estimate of drug-likeness (QED) is 0.578. The molecule has 0 amide bonds. The third-order valence-corrected chi connectivity index (χ3v) is 6.97. The largest absolute Gasteiger partial charge is 0.462 e. The van der Waals surface area contributed by atoms with Gasteiger partial charge < -0.3 is 9.64 Å². The van der Waals surface area contributed by atoms with Crippen LogP contribution in [-0.2, 0) is 9.53 Å². The maximum absolute atomic E-state index is 12.4. The molecule has 2 saturated carbocycles. The van der Waals surface area contributed by atoms with Crippen molar-refractivity contribution in [2.75, 3.05) is 19.6 Å². The molecule has 0 spiro atoms. The summed E-state index contributed by atoms with van der Waals surface area (Å²) in [4.78, 5) is 14.9. The van der Waals surface area contributed by atoms with E-state index in [1.54, 1.807) is 0 Å². The van der Waals surface area contributed by atoms with Gasteiger partial charge in [-0.05, 0) is 69.4 Å². The molecule has 3 nitrogen and oxygen atoms in total. The molecule has 4 aliphatic rings. The number of carbonyl (C=O) groups is 1. The smallest absolute Gasteiger partial charge is 0.310 e. The van der Waals surface area contributed by atoms with Crippen LogP contribution in [-0.4, -0.2) is 36.6 Å². The van der Waals surface area contributed by atoms with Crippen molar-refractivity contribution >= 4 is 5.97 Å². The molecule has 2 aliphatic heterocycles. The molecular weight excluding hydrogens is 274 g/mol. The Bertz CT molecular complexity index is 482. The summed E-state index contributed by atoms with van der Waals surface area (Å²) in [6, 6.07) is 0. The molecule has 2 aliphatic carbocycles. The Morgan fingerprint density at radius 2 is 2.09 bits per heavy atom. The Labute approximate surface area is 134 Å². The fourth-order valence-corrected chi connectivity index (χ4v) is 5.71. The lowest BCUT2D eigenvalue weighted by Crippen LogP contribution is -2.45. The van der Waals surface area contributed by atoms with Crippen LogP contribution >= 0.6 is 0 Å². The summed E-state index contributed by atoms with van der Waals surface area (Å²) in [6.45, 7) is 10.0. The van der Waals surface area contributed by atoms with Crippen molar-refractivity contribution in [2.24, 2.45) is 23.2 Å². The van der Waals surface area contributed by atoms with Gasteiger partial charge in [0, 0.05) is 12.5 Å². The highest BCUT2D eigenvalue weighted by Crippen LogP contribution is 2.56. The maximum atomic E-state index is 12.4. The average Bonchev–Trinajstić information content (AvgIpc) is 3.06. The van der Waals surface area contributed by atoms with Crippen molar-refractivity contribution in [2.45, 2.75) is 58.0 Å².